The number of hydrogen-bond acceptors (Lipinski definition) is 4. The predicted octanol–water partition coefficient (Wildman–Crippen LogP) is 4.38. The second kappa shape index (κ2) is 8.45. The summed E-state index contributed by atoms with van der Waals surface area (Å²) in [6.07, 6.45) is 0. The van der Waals surface area contributed by atoms with Gasteiger partial charge in [-0.05, 0) is 49.5 Å². The zero-order valence-electron chi connectivity index (χ0n) is 17.3. The lowest BCUT2D eigenvalue weighted by Crippen LogP contribution is -2.11. The highest BCUT2D eigenvalue weighted by Gasteiger charge is 2.29. The van der Waals surface area contributed by atoms with E-state index in [9.17, 15) is 14.7 Å². The van der Waals surface area contributed by atoms with Crippen molar-refractivity contribution in [2.75, 3.05) is 24.7 Å². The van der Waals surface area contributed by atoms with E-state index < -0.39 is 5.97 Å². The van der Waals surface area contributed by atoms with Crippen molar-refractivity contribution >= 4 is 34.5 Å². The van der Waals surface area contributed by atoms with E-state index in [0.29, 0.717) is 22.5 Å². The number of aromatic carboxylic acids is 1. The minimum absolute atomic E-state index is 0.131. The van der Waals surface area contributed by atoms with Crippen LogP contribution in [0.5, 0.6) is 0 Å². The third-order valence-corrected chi connectivity index (χ3v) is 5.05. The third-order valence-electron chi connectivity index (χ3n) is 5.05. The zero-order chi connectivity index (χ0) is 22.0. The van der Waals surface area contributed by atoms with Crippen molar-refractivity contribution in [3.63, 3.8) is 0 Å². The van der Waals surface area contributed by atoms with Crippen molar-refractivity contribution in [1.82, 2.24) is 4.90 Å². The lowest BCUT2D eigenvalue weighted by molar-refractivity contribution is -0.110. The molecule has 1 aliphatic heterocycles. The lowest BCUT2D eigenvalue weighted by Gasteiger charge is -2.16. The number of rotatable bonds is 6. The Morgan fingerprint density at radius 1 is 0.968 bits per heavy atom. The van der Waals surface area contributed by atoms with Crippen LogP contribution in [-0.4, -0.2) is 36.0 Å². The molecule has 4 rings (SSSR count). The number of nitrogens with one attached hydrogen (secondary N) is 2. The fourth-order valence-electron chi connectivity index (χ4n) is 3.64. The largest absolute Gasteiger partial charge is 0.478 e. The van der Waals surface area contributed by atoms with Gasteiger partial charge in [0, 0.05) is 17.8 Å². The van der Waals surface area contributed by atoms with Crippen molar-refractivity contribution in [3.8, 4) is 0 Å². The summed E-state index contributed by atoms with van der Waals surface area (Å²) in [7, 11) is 4.05. The summed E-state index contributed by atoms with van der Waals surface area (Å²) in [5.74, 6) is -1.30. The topological polar surface area (TPSA) is 81.7 Å². The normalized spacial score (nSPS) is 14.2. The Labute approximate surface area is 180 Å². The summed E-state index contributed by atoms with van der Waals surface area (Å²) in [4.78, 5) is 26.3. The van der Waals surface area contributed by atoms with Crippen LogP contribution in [0.15, 0.2) is 72.8 Å². The second-order valence-electron chi connectivity index (χ2n) is 7.70. The number of carboxylic acids is 1. The van der Waals surface area contributed by atoms with Crippen molar-refractivity contribution < 1.29 is 14.7 Å². The number of nitrogens with zero attached hydrogens (tertiary/aromatic N) is 1. The molecule has 1 aliphatic rings. The summed E-state index contributed by atoms with van der Waals surface area (Å²) in [5.41, 5.74) is 5.36. The fraction of sp³-hybridized carbons (Fsp3) is 0.120. The van der Waals surface area contributed by atoms with Gasteiger partial charge in [0.2, 0.25) is 0 Å². The first kappa shape index (κ1) is 20.4. The maximum absolute atomic E-state index is 12.9. The van der Waals surface area contributed by atoms with E-state index >= 15 is 0 Å². The average molecular weight is 413 g/mol. The van der Waals surface area contributed by atoms with E-state index in [0.717, 1.165) is 17.8 Å². The van der Waals surface area contributed by atoms with E-state index in [2.05, 4.69) is 27.7 Å². The van der Waals surface area contributed by atoms with Crippen LogP contribution < -0.4 is 10.6 Å². The van der Waals surface area contributed by atoms with Crippen molar-refractivity contribution in [3.05, 3.63) is 95.1 Å². The Kier molecular flexibility index (Phi) is 5.56. The maximum Gasteiger partial charge on any atom is 0.335 e. The summed E-state index contributed by atoms with van der Waals surface area (Å²) in [6, 6.07) is 22.4. The molecule has 0 fully saturated rings. The number of carbonyl (C=O) groups excluding carboxylic acids is 1. The van der Waals surface area contributed by atoms with Crippen LogP contribution in [0, 0.1) is 0 Å². The Morgan fingerprint density at radius 3 is 2.32 bits per heavy atom. The molecule has 0 aliphatic carbocycles. The minimum atomic E-state index is -1.03. The average Bonchev–Trinajstić information content (AvgIpc) is 3.08. The van der Waals surface area contributed by atoms with Crippen molar-refractivity contribution in [2.24, 2.45) is 0 Å². The SMILES string of the molecule is CN(C)Cc1ccc(NC(=C2C(=O)Nc3cc(C(=O)O)ccc32)c2ccccc2)cc1. The van der Waals surface area contributed by atoms with E-state index in [-0.39, 0.29) is 11.5 Å². The number of hydrogen-bond donors (Lipinski definition) is 3. The van der Waals surface area contributed by atoms with E-state index in [1.54, 1.807) is 6.07 Å². The van der Waals surface area contributed by atoms with Crippen LogP contribution in [0.3, 0.4) is 0 Å². The quantitative estimate of drug-likeness (QED) is 0.523. The van der Waals surface area contributed by atoms with Gasteiger partial charge in [0.25, 0.3) is 5.91 Å². The molecule has 3 N–H and O–H groups in total. The summed E-state index contributed by atoms with van der Waals surface area (Å²) < 4.78 is 0. The first-order valence-electron chi connectivity index (χ1n) is 9.92. The monoisotopic (exact) mass is 413 g/mol. The van der Waals surface area contributed by atoms with Crippen LogP contribution in [0.2, 0.25) is 0 Å². The summed E-state index contributed by atoms with van der Waals surface area (Å²) in [5, 5.41) is 15.5. The molecule has 6 nitrogen and oxygen atoms in total. The Balaban J connectivity index is 1.79. The second-order valence-corrected chi connectivity index (χ2v) is 7.70. The van der Waals surface area contributed by atoms with E-state index in [1.807, 2.05) is 56.6 Å². The lowest BCUT2D eigenvalue weighted by atomic mass is 9.99. The molecule has 3 aromatic rings. The highest BCUT2D eigenvalue weighted by Crippen LogP contribution is 2.38. The summed E-state index contributed by atoms with van der Waals surface area (Å²) in [6.45, 7) is 0.842. The van der Waals surface area contributed by atoms with Crippen LogP contribution in [0.1, 0.15) is 27.0 Å². The maximum atomic E-state index is 12.9. The molecule has 0 aromatic heterocycles. The van der Waals surface area contributed by atoms with Gasteiger partial charge in [-0.2, -0.15) is 0 Å². The molecule has 0 saturated heterocycles. The van der Waals surface area contributed by atoms with Crippen LogP contribution in [-0.2, 0) is 11.3 Å². The van der Waals surface area contributed by atoms with Crippen LogP contribution >= 0.6 is 0 Å². The fourth-order valence-corrected chi connectivity index (χ4v) is 3.64. The molecule has 0 atom stereocenters. The molecule has 156 valence electrons. The smallest absolute Gasteiger partial charge is 0.335 e. The third kappa shape index (κ3) is 4.34. The molecule has 0 spiro atoms. The van der Waals surface area contributed by atoms with Gasteiger partial charge >= 0.3 is 5.97 Å². The first-order valence-corrected chi connectivity index (χ1v) is 9.92. The highest BCUT2D eigenvalue weighted by molar-refractivity contribution is 6.37. The van der Waals surface area contributed by atoms with Gasteiger partial charge in [-0.25, -0.2) is 4.79 Å². The minimum Gasteiger partial charge on any atom is -0.478 e. The highest BCUT2D eigenvalue weighted by atomic mass is 16.4. The van der Waals surface area contributed by atoms with Crippen LogP contribution in [0.4, 0.5) is 11.4 Å². The number of anilines is 2. The Bertz CT molecular complexity index is 1170. The van der Waals surface area contributed by atoms with Crippen LogP contribution in [0.25, 0.3) is 11.3 Å². The van der Waals surface area contributed by atoms with Crippen molar-refractivity contribution in [2.45, 2.75) is 6.54 Å². The number of benzene rings is 3. The van der Waals surface area contributed by atoms with Gasteiger partial charge in [0.15, 0.2) is 0 Å². The number of fused-ring (bicyclic) bond motifs is 1. The van der Waals surface area contributed by atoms with Gasteiger partial charge in [-0.15, -0.1) is 0 Å². The Hall–Kier alpha value is -3.90. The molecule has 0 bridgehead atoms. The van der Waals surface area contributed by atoms with Gasteiger partial charge < -0.3 is 20.6 Å². The molecule has 6 heteroatoms. The molecule has 1 amide bonds. The zero-order valence-corrected chi connectivity index (χ0v) is 17.3. The number of amides is 1. The molecule has 1 heterocycles. The molecule has 31 heavy (non-hydrogen) atoms. The number of carbonyl (C=O) groups is 2. The van der Waals surface area contributed by atoms with E-state index in [1.165, 1.54) is 17.7 Å². The van der Waals surface area contributed by atoms with Gasteiger partial charge in [-0.1, -0.05) is 48.5 Å². The predicted molar refractivity (Wildman–Crippen MR) is 123 cm³/mol. The van der Waals surface area contributed by atoms with E-state index in [4.69, 9.17) is 0 Å². The molecule has 0 unspecified atom stereocenters. The Morgan fingerprint density at radius 2 is 1.68 bits per heavy atom. The molecule has 3 aromatic carbocycles. The number of carboxylic acid groups (broad SMARTS) is 1. The molecular weight excluding hydrogens is 390 g/mol. The van der Waals surface area contributed by atoms with Gasteiger partial charge in [0.1, 0.15) is 0 Å². The molecule has 0 saturated carbocycles. The van der Waals surface area contributed by atoms with Crippen molar-refractivity contribution in [1.29, 1.82) is 0 Å². The molecule has 0 radical (unpaired) electrons. The standard InChI is InChI=1S/C25H23N3O3/c1-28(2)15-16-8-11-19(12-9-16)26-23(17-6-4-3-5-7-17)22-20-13-10-18(25(30)31)14-21(20)27-24(22)29/h3-14,26H,15H2,1-2H3,(H,27,29)(H,30,31). The van der Waals surface area contributed by atoms with Gasteiger partial charge in [-0.3, -0.25) is 4.79 Å². The molecular formula is C25H23N3O3. The first-order chi connectivity index (χ1) is 14.9. The van der Waals surface area contributed by atoms with Gasteiger partial charge in [0.05, 0.1) is 22.5 Å². The summed E-state index contributed by atoms with van der Waals surface area (Å²) >= 11 is 0.